The minimum Gasteiger partial charge on any atom is -0.326 e. The quantitative estimate of drug-likeness (QED) is 0.921. The molecule has 1 heterocycles. The summed E-state index contributed by atoms with van der Waals surface area (Å²) in [5, 5.41) is 4.27. The van der Waals surface area contributed by atoms with Gasteiger partial charge in [-0.05, 0) is 32.0 Å². The third-order valence-corrected chi connectivity index (χ3v) is 3.45. The first kappa shape index (κ1) is 14.9. The number of nitrogens with two attached hydrogens (primary N) is 1. The van der Waals surface area contributed by atoms with E-state index in [1.165, 1.54) is 10.7 Å². The van der Waals surface area contributed by atoms with Crippen LogP contribution in [0.2, 0.25) is 5.02 Å². The topological polar surface area (TPSA) is 43.8 Å². The average Bonchev–Trinajstić information content (AvgIpc) is 2.63. The lowest BCUT2D eigenvalue weighted by atomic mass is 10.2. The van der Waals surface area contributed by atoms with E-state index in [0.29, 0.717) is 12.2 Å². The van der Waals surface area contributed by atoms with Crippen LogP contribution in [0.25, 0.3) is 5.69 Å². The fraction of sp³-hybridized carbons (Fsp3) is 0.308. The molecule has 0 aliphatic heterocycles. The van der Waals surface area contributed by atoms with Gasteiger partial charge in [-0.15, -0.1) is 0 Å². The SMILES string of the molecule is Cc1nn(-c2ccc(C(F)(F)F)cc2Cl)c(C)c1CN. The molecule has 108 valence electrons. The largest absolute Gasteiger partial charge is 0.416 e. The molecule has 0 radical (unpaired) electrons. The zero-order valence-electron chi connectivity index (χ0n) is 10.9. The maximum Gasteiger partial charge on any atom is 0.416 e. The van der Waals surface area contributed by atoms with Gasteiger partial charge in [0.2, 0.25) is 0 Å². The summed E-state index contributed by atoms with van der Waals surface area (Å²) in [6, 6.07) is 3.19. The summed E-state index contributed by atoms with van der Waals surface area (Å²) in [4.78, 5) is 0. The van der Waals surface area contributed by atoms with Crippen molar-refractivity contribution in [2.75, 3.05) is 0 Å². The van der Waals surface area contributed by atoms with Gasteiger partial charge in [0.15, 0.2) is 0 Å². The van der Waals surface area contributed by atoms with Crippen LogP contribution in [0.4, 0.5) is 13.2 Å². The Labute approximate surface area is 119 Å². The Morgan fingerprint density at radius 1 is 1.30 bits per heavy atom. The first-order valence-corrected chi connectivity index (χ1v) is 6.25. The zero-order valence-corrected chi connectivity index (χ0v) is 11.7. The molecule has 0 aliphatic rings. The van der Waals surface area contributed by atoms with Crippen molar-refractivity contribution in [1.29, 1.82) is 0 Å². The standard InChI is InChI=1S/C13H13ClF3N3/c1-7-10(6-18)8(2)20(19-7)12-4-3-9(5-11(12)14)13(15,16)17/h3-5H,6,18H2,1-2H3. The van der Waals surface area contributed by atoms with E-state index in [0.717, 1.165) is 29.1 Å². The van der Waals surface area contributed by atoms with E-state index in [2.05, 4.69) is 5.10 Å². The van der Waals surface area contributed by atoms with E-state index in [-0.39, 0.29) is 5.02 Å². The van der Waals surface area contributed by atoms with Crippen LogP contribution >= 0.6 is 11.6 Å². The molecule has 0 bridgehead atoms. The van der Waals surface area contributed by atoms with Gasteiger partial charge in [0, 0.05) is 17.8 Å². The highest BCUT2D eigenvalue weighted by molar-refractivity contribution is 6.32. The van der Waals surface area contributed by atoms with E-state index in [1.54, 1.807) is 13.8 Å². The van der Waals surface area contributed by atoms with E-state index < -0.39 is 11.7 Å². The van der Waals surface area contributed by atoms with Crippen molar-refractivity contribution in [2.45, 2.75) is 26.6 Å². The van der Waals surface area contributed by atoms with Gasteiger partial charge in [-0.1, -0.05) is 11.6 Å². The number of nitrogens with zero attached hydrogens (tertiary/aromatic N) is 2. The normalized spacial score (nSPS) is 11.9. The van der Waals surface area contributed by atoms with Crippen LogP contribution < -0.4 is 5.73 Å². The Kier molecular flexibility index (Phi) is 3.80. The van der Waals surface area contributed by atoms with Crippen molar-refractivity contribution >= 4 is 11.6 Å². The number of benzene rings is 1. The molecule has 1 aromatic carbocycles. The Balaban J connectivity index is 2.55. The van der Waals surface area contributed by atoms with Crippen LogP contribution in [0, 0.1) is 13.8 Å². The van der Waals surface area contributed by atoms with Gasteiger partial charge in [0.05, 0.1) is 22.0 Å². The summed E-state index contributed by atoms with van der Waals surface area (Å²) in [7, 11) is 0. The summed E-state index contributed by atoms with van der Waals surface area (Å²) in [6.07, 6.45) is -4.42. The van der Waals surface area contributed by atoms with Crippen LogP contribution in [0.5, 0.6) is 0 Å². The fourth-order valence-corrected chi connectivity index (χ4v) is 2.32. The molecule has 2 rings (SSSR count). The molecule has 0 saturated carbocycles. The number of alkyl halides is 3. The number of aryl methyl sites for hydroxylation is 1. The highest BCUT2D eigenvalue weighted by Gasteiger charge is 2.31. The third kappa shape index (κ3) is 2.53. The van der Waals surface area contributed by atoms with Crippen molar-refractivity contribution in [3.05, 3.63) is 45.7 Å². The second-order valence-corrected chi connectivity index (χ2v) is 4.84. The van der Waals surface area contributed by atoms with Crippen molar-refractivity contribution < 1.29 is 13.2 Å². The fourth-order valence-electron chi connectivity index (χ4n) is 2.06. The predicted octanol–water partition coefficient (Wildman–Crippen LogP) is 3.62. The Morgan fingerprint density at radius 2 is 1.95 bits per heavy atom. The molecule has 0 spiro atoms. The molecule has 0 fully saturated rings. The average molecular weight is 304 g/mol. The minimum atomic E-state index is -4.42. The lowest BCUT2D eigenvalue weighted by Gasteiger charge is -2.11. The lowest BCUT2D eigenvalue weighted by molar-refractivity contribution is -0.137. The van der Waals surface area contributed by atoms with Crippen molar-refractivity contribution in [3.8, 4) is 5.69 Å². The second kappa shape index (κ2) is 5.10. The first-order valence-electron chi connectivity index (χ1n) is 5.88. The second-order valence-electron chi connectivity index (χ2n) is 4.43. The number of hydrogen-bond acceptors (Lipinski definition) is 2. The van der Waals surface area contributed by atoms with E-state index in [9.17, 15) is 13.2 Å². The van der Waals surface area contributed by atoms with Crippen LogP contribution in [0.3, 0.4) is 0 Å². The zero-order chi connectivity index (χ0) is 15.1. The van der Waals surface area contributed by atoms with E-state index in [1.807, 2.05) is 0 Å². The summed E-state index contributed by atoms with van der Waals surface area (Å²) < 4.78 is 39.3. The maximum atomic E-state index is 12.6. The summed E-state index contributed by atoms with van der Waals surface area (Å²) >= 11 is 5.95. The molecule has 0 atom stereocenters. The minimum absolute atomic E-state index is 0.00556. The Bertz CT molecular complexity index is 647. The number of rotatable bonds is 2. The molecule has 0 unspecified atom stereocenters. The lowest BCUT2D eigenvalue weighted by Crippen LogP contribution is -2.07. The summed E-state index contributed by atoms with van der Waals surface area (Å²) in [5.74, 6) is 0. The first-order chi connectivity index (χ1) is 9.25. The van der Waals surface area contributed by atoms with E-state index in [4.69, 9.17) is 17.3 Å². The molecule has 20 heavy (non-hydrogen) atoms. The predicted molar refractivity (Wildman–Crippen MR) is 70.9 cm³/mol. The van der Waals surface area contributed by atoms with Crippen LogP contribution in [-0.2, 0) is 12.7 Å². The van der Waals surface area contributed by atoms with Crippen LogP contribution in [0.15, 0.2) is 18.2 Å². The van der Waals surface area contributed by atoms with Gasteiger partial charge < -0.3 is 5.73 Å². The highest BCUT2D eigenvalue weighted by atomic mass is 35.5. The Morgan fingerprint density at radius 3 is 2.40 bits per heavy atom. The number of aromatic nitrogens is 2. The number of hydrogen-bond donors (Lipinski definition) is 1. The monoisotopic (exact) mass is 303 g/mol. The van der Waals surface area contributed by atoms with E-state index >= 15 is 0 Å². The van der Waals surface area contributed by atoms with Gasteiger partial charge in [-0.2, -0.15) is 18.3 Å². The van der Waals surface area contributed by atoms with Gasteiger partial charge in [0.25, 0.3) is 0 Å². The molecule has 0 saturated heterocycles. The maximum absolute atomic E-state index is 12.6. The molecule has 3 nitrogen and oxygen atoms in total. The van der Waals surface area contributed by atoms with Crippen molar-refractivity contribution in [2.24, 2.45) is 5.73 Å². The molecule has 2 N–H and O–H groups in total. The Hall–Kier alpha value is -1.53. The molecule has 7 heteroatoms. The molecular weight excluding hydrogens is 291 g/mol. The third-order valence-electron chi connectivity index (χ3n) is 3.15. The highest BCUT2D eigenvalue weighted by Crippen LogP contribution is 2.33. The molecule has 0 aliphatic carbocycles. The van der Waals surface area contributed by atoms with Crippen LogP contribution in [0.1, 0.15) is 22.5 Å². The molecule has 0 amide bonds. The van der Waals surface area contributed by atoms with Crippen LogP contribution in [-0.4, -0.2) is 9.78 Å². The molecule has 2 aromatic rings. The van der Waals surface area contributed by atoms with Gasteiger partial charge in [-0.3, -0.25) is 0 Å². The van der Waals surface area contributed by atoms with Gasteiger partial charge >= 0.3 is 6.18 Å². The number of halogens is 4. The molecular formula is C13H13ClF3N3. The van der Waals surface area contributed by atoms with Crippen molar-refractivity contribution in [3.63, 3.8) is 0 Å². The van der Waals surface area contributed by atoms with Gasteiger partial charge in [-0.25, -0.2) is 4.68 Å². The summed E-state index contributed by atoms with van der Waals surface area (Å²) in [6.45, 7) is 3.91. The smallest absolute Gasteiger partial charge is 0.326 e. The van der Waals surface area contributed by atoms with Crippen molar-refractivity contribution in [1.82, 2.24) is 9.78 Å². The molecule has 1 aromatic heterocycles. The summed E-state index contributed by atoms with van der Waals surface area (Å²) in [5.41, 5.74) is 7.61. The van der Waals surface area contributed by atoms with Gasteiger partial charge in [0.1, 0.15) is 0 Å².